The summed E-state index contributed by atoms with van der Waals surface area (Å²) in [5.74, 6) is 0.483. The van der Waals surface area contributed by atoms with E-state index in [-0.39, 0.29) is 11.9 Å². The molecule has 0 fully saturated rings. The minimum Gasteiger partial charge on any atom is -0.492 e. The minimum absolute atomic E-state index is 0.123. The number of anilines is 1. The number of hydrogen-bond donors (Lipinski definition) is 2. The monoisotopic (exact) mass is 408 g/mol. The number of nitrogens with one attached hydrogen (secondary N) is 2. The average Bonchev–Trinajstić information content (AvgIpc) is 2.74. The van der Waals surface area contributed by atoms with Crippen LogP contribution in [0, 0.1) is 0 Å². The molecule has 0 unspecified atom stereocenters. The van der Waals surface area contributed by atoms with E-state index in [1.165, 1.54) is 0 Å². The van der Waals surface area contributed by atoms with Gasteiger partial charge < -0.3 is 10.1 Å². The molecule has 0 aliphatic heterocycles. The van der Waals surface area contributed by atoms with Crippen LogP contribution in [0.1, 0.15) is 37.1 Å². The van der Waals surface area contributed by atoms with Gasteiger partial charge in [0.15, 0.2) is 0 Å². The zero-order chi connectivity index (χ0) is 20.6. The van der Waals surface area contributed by atoms with E-state index in [0.717, 1.165) is 11.1 Å². The third-order valence-corrected chi connectivity index (χ3v) is 4.97. The average molecular weight is 409 g/mol. The standard InChI is InChI=1S/C24H25ClN2O2/c1-3-29-22-16-10-9-15-21(22)27-24(28)23(18-11-5-4-6-12-18)26-17(2)19-13-7-8-14-20(19)25/h4-17,23,26H,3H2,1-2H3,(H,27,28)/t17-,23+/m1/s1. The zero-order valence-electron chi connectivity index (χ0n) is 16.6. The number of halogens is 1. The fourth-order valence-electron chi connectivity index (χ4n) is 3.19. The van der Waals surface area contributed by atoms with Crippen LogP contribution in [-0.2, 0) is 4.79 Å². The molecule has 0 aliphatic carbocycles. The number of para-hydroxylation sites is 2. The van der Waals surface area contributed by atoms with Gasteiger partial charge in [-0.15, -0.1) is 0 Å². The molecule has 4 nitrogen and oxygen atoms in total. The Balaban J connectivity index is 1.86. The highest BCUT2D eigenvalue weighted by Gasteiger charge is 2.24. The van der Waals surface area contributed by atoms with Crippen LogP contribution in [0.3, 0.4) is 0 Å². The molecule has 3 rings (SSSR count). The molecule has 0 aromatic heterocycles. The Bertz CT molecular complexity index is 946. The highest BCUT2D eigenvalue weighted by atomic mass is 35.5. The van der Waals surface area contributed by atoms with Crippen LogP contribution >= 0.6 is 11.6 Å². The third-order valence-electron chi connectivity index (χ3n) is 4.63. The van der Waals surface area contributed by atoms with Crippen LogP contribution < -0.4 is 15.4 Å². The molecule has 0 radical (unpaired) electrons. The number of ether oxygens (including phenoxy) is 1. The van der Waals surface area contributed by atoms with Gasteiger partial charge in [0.25, 0.3) is 0 Å². The molecule has 0 heterocycles. The fraction of sp³-hybridized carbons (Fsp3) is 0.208. The number of hydrogen-bond acceptors (Lipinski definition) is 3. The third kappa shape index (κ3) is 5.37. The topological polar surface area (TPSA) is 50.4 Å². The van der Waals surface area contributed by atoms with Gasteiger partial charge in [0.2, 0.25) is 5.91 Å². The molecule has 3 aromatic rings. The first-order valence-corrected chi connectivity index (χ1v) is 10.1. The molecule has 2 N–H and O–H groups in total. The lowest BCUT2D eigenvalue weighted by Gasteiger charge is -2.24. The summed E-state index contributed by atoms with van der Waals surface area (Å²) >= 11 is 6.36. The van der Waals surface area contributed by atoms with E-state index in [4.69, 9.17) is 16.3 Å². The molecule has 2 atom stereocenters. The van der Waals surface area contributed by atoms with Crippen molar-refractivity contribution in [2.75, 3.05) is 11.9 Å². The van der Waals surface area contributed by atoms with Gasteiger partial charge in [-0.3, -0.25) is 10.1 Å². The van der Waals surface area contributed by atoms with Crippen molar-refractivity contribution in [1.29, 1.82) is 0 Å². The number of amides is 1. The van der Waals surface area contributed by atoms with Crippen molar-refractivity contribution < 1.29 is 9.53 Å². The highest BCUT2D eigenvalue weighted by molar-refractivity contribution is 6.31. The van der Waals surface area contributed by atoms with Gasteiger partial charge in [0.05, 0.1) is 12.3 Å². The second-order valence-corrected chi connectivity index (χ2v) is 7.08. The predicted molar refractivity (Wildman–Crippen MR) is 118 cm³/mol. The van der Waals surface area contributed by atoms with Crippen LogP contribution in [0.5, 0.6) is 5.75 Å². The Labute approximate surface area is 176 Å². The van der Waals surface area contributed by atoms with Gasteiger partial charge in [0.1, 0.15) is 11.8 Å². The molecule has 0 aliphatic rings. The van der Waals surface area contributed by atoms with E-state index >= 15 is 0 Å². The quantitative estimate of drug-likeness (QED) is 0.497. The molecule has 150 valence electrons. The summed E-state index contributed by atoms with van der Waals surface area (Å²) in [5, 5.41) is 7.10. The Morgan fingerprint density at radius 3 is 2.34 bits per heavy atom. The van der Waals surface area contributed by atoms with Crippen molar-refractivity contribution in [2.24, 2.45) is 0 Å². The van der Waals surface area contributed by atoms with Crippen LogP contribution in [0.4, 0.5) is 5.69 Å². The lowest BCUT2D eigenvalue weighted by Crippen LogP contribution is -2.34. The number of carbonyl (C=O) groups is 1. The van der Waals surface area contributed by atoms with Crippen LogP contribution in [-0.4, -0.2) is 12.5 Å². The van der Waals surface area contributed by atoms with Gasteiger partial charge >= 0.3 is 0 Å². The van der Waals surface area contributed by atoms with Crippen molar-refractivity contribution in [2.45, 2.75) is 25.9 Å². The Morgan fingerprint density at radius 2 is 1.62 bits per heavy atom. The number of benzene rings is 3. The molecule has 0 saturated carbocycles. The maximum absolute atomic E-state index is 13.3. The predicted octanol–water partition coefficient (Wildman–Crippen LogP) is 5.77. The molecule has 0 spiro atoms. The molecule has 0 bridgehead atoms. The maximum Gasteiger partial charge on any atom is 0.246 e. The summed E-state index contributed by atoms with van der Waals surface area (Å²) in [6.45, 7) is 4.44. The van der Waals surface area contributed by atoms with E-state index < -0.39 is 6.04 Å². The van der Waals surface area contributed by atoms with Crippen molar-refractivity contribution in [1.82, 2.24) is 5.32 Å². The summed E-state index contributed by atoms with van der Waals surface area (Å²) in [5.41, 5.74) is 2.46. The van der Waals surface area contributed by atoms with Gasteiger partial charge in [-0.05, 0) is 43.2 Å². The summed E-state index contributed by atoms with van der Waals surface area (Å²) in [4.78, 5) is 13.3. The highest BCUT2D eigenvalue weighted by Crippen LogP contribution is 2.28. The van der Waals surface area contributed by atoms with E-state index in [9.17, 15) is 4.79 Å². The van der Waals surface area contributed by atoms with Crippen molar-refractivity contribution in [3.63, 3.8) is 0 Å². The Morgan fingerprint density at radius 1 is 0.966 bits per heavy atom. The van der Waals surface area contributed by atoms with E-state index in [0.29, 0.717) is 23.1 Å². The summed E-state index contributed by atoms with van der Waals surface area (Å²) in [6.07, 6.45) is 0. The Kier molecular flexibility index (Phi) is 7.28. The second kappa shape index (κ2) is 10.1. The van der Waals surface area contributed by atoms with Crippen molar-refractivity contribution in [3.05, 3.63) is 95.0 Å². The van der Waals surface area contributed by atoms with E-state index in [2.05, 4.69) is 10.6 Å². The molecule has 0 saturated heterocycles. The minimum atomic E-state index is -0.558. The lowest BCUT2D eigenvalue weighted by atomic mass is 10.0. The van der Waals surface area contributed by atoms with E-state index in [1.807, 2.05) is 92.7 Å². The smallest absolute Gasteiger partial charge is 0.246 e. The van der Waals surface area contributed by atoms with Crippen molar-refractivity contribution in [3.8, 4) is 5.75 Å². The first-order valence-electron chi connectivity index (χ1n) is 9.68. The normalized spacial score (nSPS) is 12.8. The summed E-state index contributed by atoms with van der Waals surface area (Å²) in [6, 6.07) is 24.0. The van der Waals surface area contributed by atoms with Gasteiger partial charge in [-0.2, -0.15) is 0 Å². The fourth-order valence-corrected chi connectivity index (χ4v) is 3.49. The SMILES string of the molecule is CCOc1ccccc1NC(=O)[C@@H](N[C@H](C)c1ccccc1Cl)c1ccccc1. The molecule has 29 heavy (non-hydrogen) atoms. The number of carbonyl (C=O) groups excluding carboxylic acids is 1. The largest absolute Gasteiger partial charge is 0.492 e. The first-order chi connectivity index (χ1) is 14.1. The Hall–Kier alpha value is -2.82. The lowest BCUT2D eigenvalue weighted by molar-refractivity contribution is -0.118. The summed E-state index contributed by atoms with van der Waals surface area (Å²) < 4.78 is 5.64. The zero-order valence-corrected chi connectivity index (χ0v) is 17.3. The molecule has 3 aromatic carbocycles. The van der Waals surface area contributed by atoms with Gasteiger partial charge in [-0.25, -0.2) is 0 Å². The summed E-state index contributed by atoms with van der Waals surface area (Å²) in [7, 11) is 0. The van der Waals surface area contributed by atoms with E-state index in [1.54, 1.807) is 0 Å². The molecular weight excluding hydrogens is 384 g/mol. The number of rotatable bonds is 8. The second-order valence-electron chi connectivity index (χ2n) is 6.67. The molecule has 5 heteroatoms. The van der Waals surface area contributed by atoms with Crippen LogP contribution in [0.15, 0.2) is 78.9 Å². The van der Waals surface area contributed by atoms with Crippen LogP contribution in [0.25, 0.3) is 0 Å². The van der Waals surface area contributed by atoms with Gasteiger partial charge in [0, 0.05) is 11.1 Å². The van der Waals surface area contributed by atoms with Gasteiger partial charge in [-0.1, -0.05) is 72.3 Å². The van der Waals surface area contributed by atoms with Crippen LogP contribution in [0.2, 0.25) is 5.02 Å². The first kappa shape index (κ1) is 20.9. The maximum atomic E-state index is 13.3. The van der Waals surface area contributed by atoms with Crippen molar-refractivity contribution >= 4 is 23.2 Å². The molecular formula is C24H25ClN2O2. The molecule has 1 amide bonds.